The number of nitrogens with one attached hydrogen (secondary N) is 2. The van der Waals surface area contributed by atoms with Crippen LogP contribution in [0.15, 0.2) is 48.7 Å². The number of carbonyl (C=O) groups excluding carboxylic acids is 1. The second-order valence-electron chi connectivity index (χ2n) is 4.89. The Morgan fingerprint density at radius 2 is 2.05 bits per heavy atom. The molecule has 5 nitrogen and oxygen atoms in total. The number of amides is 2. The number of aromatic nitrogens is 1. The van der Waals surface area contributed by atoms with E-state index in [4.69, 9.17) is 4.74 Å². The van der Waals surface area contributed by atoms with Gasteiger partial charge >= 0.3 is 6.03 Å². The minimum absolute atomic E-state index is 0.0439. The Bertz CT molecular complexity index is 602. The molecule has 0 spiro atoms. The van der Waals surface area contributed by atoms with Gasteiger partial charge in [0, 0.05) is 18.8 Å². The fourth-order valence-electron chi connectivity index (χ4n) is 2.04. The van der Waals surface area contributed by atoms with E-state index >= 15 is 0 Å². The summed E-state index contributed by atoms with van der Waals surface area (Å²) in [6.45, 7) is 4.86. The van der Waals surface area contributed by atoms with Crippen LogP contribution in [0.3, 0.4) is 0 Å². The molecule has 1 heterocycles. The van der Waals surface area contributed by atoms with Crippen LogP contribution in [-0.2, 0) is 6.54 Å². The van der Waals surface area contributed by atoms with Crippen molar-refractivity contribution in [3.05, 3.63) is 59.8 Å². The molecule has 2 aromatic rings. The molecule has 0 saturated heterocycles. The Labute approximate surface area is 130 Å². The lowest BCUT2D eigenvalue weighted by Gasteiger charge is -2.15. The van der Waals surface area contributed by atoms with Crippen LogP contribution in [0.4, 0.5) is 4.79 Å². The number of pyridine rings is 1. The van der Waals surface area contributed by atoms with E-state index in [0.717, 1.165) is 11.1 Å². The van der Waals surface area contributed by atoms with Crippen molar-refractivity contribution in [2.24, 2.45) is 0 Å². The lowest BCUT2D eigenvalue weighted by molar-refractivity contribution is 0.237. The zero-order valence-electron chi connectivity index (χ0n) is 12.9. The maximum atomic E-state index is 11.9. The van der Waals surface area contributed by atoms with Gasteiger partial charge in [0.15, 0.2) is 0 Å². The zero-order chi connectivity index (χ0) is 15.8. The van der Waals surface area contributed by atoms with E-state index < -0.39 is 0 Å². The lowest BCUT2D eigenvalue weighted by Crippen LogP contribution is -2.36. The van der Waals surface area contributed by atoms with Crippen molar-refractivity contribution < 1.29 is 9.53 Å². The maximum Gasteiger partial charge on any atom is 0.315 e. The Morgan fingerprint density at radius 1 is 1.27 bits per heavy atom. The molecular formula is C17H21N3O2. The highest BCUT2D eigenvalue weighted by atomic mass is 16.5. The normalized spacial score (nSPS) is 11.5. The molecule has 1 aromatic heterocycles. The molecule has 22 heavy (non-hydrogen) atoms. The van der Waals surface area contributed by atoms with Gasteiger partial charge < -0.3 is 15.4 Å². The number of nitrogens with zero attached hydrogens (tertiary/aromatic N) is 1. The molecule has 0 fully saturated rings. The fourth-order valence-corrected chi connectivity index (χ4v) is 2.04. The van der Waals surface area contributed by atoms with E-state index in [9.17, 15) is 4.79 Å². The molecule has 0 aliphatic carbocycles. The summed E-state index contributed by atoms with van der Waals surface area (Å²) < 4.78 is 5.34. The minimum Gasteiger partial charge on any atom is -0.478 e. The molecule has 0 aliphatic rings. The Kier molecular flexibility index (Phi) is 5.77. The molecule has 2 rings (SSSR count). The lowest BCUT2D eigenvalue weighted by atomic mass is 10.1. The smallest absolute Gasteiger partial charge is 0.315 e. The van der Waals surface area contributed by atoms with Crippen molar-refractivity contribution >= 4 is 6.03 Å². The average Bonchev–Trinajstić information content (AvgIpc) is 2.54. The molecule has 0 bridgehead atoms. The number of hydrogen-bond donors (Lipinski definition) is 2. The third-order valence-corrected chi connectivity index (χ3v) is 3.19. The van der Waals surface area contributed by atoms with Crippen LogP contribution in [0.1, 0.15) is 31.0 Å². The summed E-state index contributed by atoms with van der Waals surface area (Å²) in [4.78, 5) is 16.0. The third-order valence-electron chi connectivity index (χ3n) is 3.19. The first-order valence-electron chi connectivity index (χ1n) is 7.36. The number of ether oxygens (including phenoxy) is 1. The monoisotopic (exact) mass is 299 g/mol. The Balaban J connectivity index is 1.84. The van der Waals surface area contributed by atoms with E-state index in [1.54, 1.807) is 6.20 Å². The summed E-state index contributed by atoms with van der Waals surface area (Å²) in [6, 6.07) is 13.3. The van der Waals surface area contributed by atoms with Crippen molar-refractivity contribution in [2.45, 2.75) is 26.4 Å². The van der Waals surface area contributed by atoms with Gasteiger partial charge in [-0.05, 0) is 31.0 Å². The highest BCUT2D eigenvalue weighted by Gasteiger charge is 2.08. The molecular weight excluding hydrogens is 278 g/mol. The van der Waals surface area contributed by atoms with Gasteiger partial charge in [-0.15, -0.1) is 0 Å². The van der Waals surface area contributed by atoms with Crippen LogP contribution in [0.2, 0.25) is 0 Å². The van der Waals surface area contributed by atoms with Gasteiger partial charge in [0.25, 0.3) is 0 Å². The van der Waals surface area contributed by atoms with Crippen molar-refractivity contribution in [1.82, 2.24) is 15.6 Å². The highest BCUT2D eigenvalue weighted by Crippen LogP contribution is 2.11. The van der Waals surface area contributed by atoms with Crippen molar-refractivity contribution in [3.63, 3.8) is 0 Å². The molecule has 116 valence electrons. The molecule has 5 heteroatoms. The molecule has 0 saturated carbocycles. The van der Waals surface area contributed by atoms with Crippen LogP contribution in [-0.4, -0.2) is 17.6 Å². The predicted octanol–water partition coefficient (Wildman–Crippen LogP) is 3.04. The number of rotatable bonds is 6. The summed E-state index contributed by atoms with van der Waals surface area (Å²) in [6.07, 6.45) is 1.67. The van der Waals surface area contributed by atoms with E-state index in [1.165, 1.54) is 0 Å². The van der Waals surface area contributed by atoms with Gasteiger partial charge in [-0.2, -0.15) is 0 Å². The maximum absolute atomic E-state index is 11.9. The van der Waals surface area contributed by atoms with Gasteiger partial charge in [0.05, 0.1) is 12.6 Å². The summed E-state index contributed by atoms with van der Waals surface area (Å²) in [5, 5.41) is 5.74. The molecule has 0 radical (unpaired) electrons. The van der Waals surface area contributed by atoms with Crippen LogP contribution in [0.5, 0.6) is 5.88 Å². The average molecular weight is 299 g/mol. The van der Waals surface area contributed by atoms with Crippen molar-refractivity contribution in [1.29, 1.82) is 0 Å². The van der Waals surface area contributed by atoms with Gasteiger partial charge in [-0.25, -0.2) is 9.78 Å². The van der Waals surface area contributed by atoms with Crippen LogP contribution < -0.4 is 15.4 Å². The first-order chi connectivity index (χ1) is 10.7. The van der Waals surface area contributed by atoms with Crippen LogP contribution >= 0.6 is 0 Å². The van der Waals surface area contributed by atoms with Gasteiger partial charge in [-0.3, -0.25) is 0 Å². The van der Waals surface area contributed by atoms with Crippen LogP contribution in [0.25, 0.3) is 0 Å². The molecule has 2 amide bonds. The van der Waals surface area contributed by atoms with Crippen LogP contribution in [0, 0.1) is 0 Å². The second-order valence-corrected chi connectivity index (χ2v) is 4.89. The second kappa shape index (κ2) is 8.02. The number of carbonyl (C=O) groups is 1. The van der Waals surface area contributed by atoms with Gasteiger partial charge in [-0.1, -0.05) is 30.3 Å². The summed E-state index contributed by atoms with van der Waals surface area (Å²) >= 11 is 0. The largest absolute Gasteiger partial charge is 0.478 e. The summed E-state index contributed by atoms with van der Waals surface area (Å²) in [7, 11) is 0. The Morgan fingerprint density at radius 3 is 2.77 bits per heavy atom. The standard InChI is InChI=1S/C17H21N3O2/c1-3-22-16-11-14(9-10-18-16)12-19-17(21)20-13(2)15-7-5-4-6-8-15/h4-11,13H,3,12H2,1-2H3,(H2,19,20,21). The van der Waals surface area contributed by atoms with E-state index in [1.807, 2.05) is 56.3 Å². The topological polar surface area (TPSA) is 63.2 Å². The predicted molar refractivity (Wildman–Crippen MR) is 85.6 cm³/mol. The SMILES string of the molecule is CCOc1cc(CNC(=O)NC(C)c2ccccc2)ccn1. The summed E-state index contributed by atoms with van der Waals surface area (Å²) in [5.41, 5.74) is 2.01. The first kappa shape index (κ1) is 15.8. The van der Waals surface area contributed by atoms with E-state index in [-0.39, 0.29) is 12.1 Å². The quantitative estimate of drug-likeness (QED) is 0.861. The molecule has 1 aromatic carbocycles. The number of hydrogen-bond acceptors (Lipinski definition) is 3. The molecule has 2 N–H and O–H groups in total. The summed E-state index contributed by atoms with van der Waals surface area (Å²) in [5.74, 6) is 0.569. The third kappa shape index (κ3) is 4.77. The zero-order valence-corrected chi connectivity index (χ0v) is 12.9. The molecule has 1 unspecified atom stereocenters. The minimum atomic E-state index is -0.203. The fraction of sp³-hybridized carbons (Fsp3) is 0.294. The van der Waals surface area contributed by atoms with Gasteiger partial charge in [0.2, 0.25) is 5.88 Å². The first-order valence-corrected chi connectivity index (χ1v) is 7.36. The van der Waals surface area contributed by atoms with E-state index in [2.05, 4.69) is 15.6 Å². The van der Waals surface area contributed by atoms with E-state index in [0.29, 0.717) is 19.0 Å². The Hall–Kier alpha value is -2.56. The van der Waals surface area contributed by atoms with Crippen molar-refractivity contribution in [2.75, 3.05) is 6.61 Å². The number of benzene rings is 1. The van der Waals surface area contributed by atoms with Gasteiger partial charge in [0.1, 0.15) is 0 Å². The molecule has 0 aliphatic heterocycles. The highest BCUT2D eigenvalue weighted by molar-refractivity contribution is 5.74. The van der Waals surface area contributed by atoms with Crippen molar-refractivity contribution in [3.8, 4) is 5.88 Å². The molecule has 1 atom stereocenters. The number of urea groups is 1.